The lowest BCUT2D eigenvalue weighted by atomic mass is 10.2. The lowest BCUT2D eigenvalue weighted by Gasteiger charge is -1.99. The molecule has 0 aliphatic heterocycles. The molecule has 3 aromatic heterocycles. The van der Waals surface area contributed by atoms with Crippen molar-refractivity contribution < 1.29 is 4.98 Å². The van der Waals surface area contributed by atoms with Crippen molar-refractivity contribution in [1.29, 1.82) is 0 Å². The van der Waals surface area contributed by atoms with Crippen LogP contribution in [0.4, 0.5) is 0 Å². The van der Waals surface area contributed by atoms with Gasteiger partial charge in [-0.2, -0.15) is 4.57 Å². The highest BCUT2D eigenvalue weighted by Gasteiger charge is 2.25. The zero-order valence-electron chi connectivity index (χ0n) is 17.8. The van der Waals surface area contributed by atoms with E-state index >= 15 is 0 Å². The molecule has 0 spiro atoms. The van der Waals surface area contributed by atoms with Gasteiger partial charge in [0.15, 0.2) is 11.7 Å². The van der Waals surface area contributed by atoms with Crippen molar-refractivity contribution in [3.63, 3.8) is 0 Å². The van der Waals surface area contributed by atoms with Gasteiger partial charge in [0, 0.05) is 0 Å². The second kappa shape index (κ2) is 7.49. The van der Waals surface area contributed by atoms with Crippen LogP contribution in [0.2, 0.25) is 0 Å². The summed E-state index contributed by atoms with van der Waals surface area (Å²) in [5, 5.41) is 5.12. The number of para-hydroxylation sites is 3. The van der Waals surface area contributed by atoms with Gasteiger partial charge in [-0.3, -0.25) is 0 Å². The summed E-state index contributed by atoms with van der Waals surface area (Å²) in [5.74, 6) is 0. The van der Waals surface area contributed by atoms with Gasteiger partial charge in [0.2, 0.25) is 5.65 Å². The smallest absolute Gasteiger partial charge is 0.250 e. The van der Waals surface area contributed by atoms with Crippen LogP contribution in [-0.4, -0.2) is 25.4 Å². The maximum Gasteiger partial charge on any atom is 0.327 e. The fraction of sp³-hybridized carbons (Fsp3) is 0.0385. The van der Waals surface area contributed by atoms with E-state index in [1.165, 1.54) is 5.56 Å². The van der Waals surface area contributed by atoms with E-state index in [0.29, 0.717) is 22.2 Å². The molecule has 3 heterocycles. The molecule has 0 bridgehead atoms. The number of aromatic amines is 1. The fourth-order valence-electron chi connectivity index (χ4n) is 3.94. The Balaban J connectivity index is 1.67. The minimum absolute atomic E-state index is 0.186. The van der Waals surface area contributed by atoms with Crippen molar-refractivity contribution in [2.24, 2.45) is 5.10 Å². The number of nitrogens with one attached hydrogen (secondary N) is 1. The largest absolute Gasteiger partial charge is 0.327 e. The van der Waals surface area contributed by atoms with Crippen LogP contribution in [0, 0.1) is 6.92 Å². The first-order chi connectivity index (χ1) is 16.2. The summed E-state index contributed by atoms with van der Waals surface area (Å²) in [4.78, 5) is 26.5. The molecule has 1 N–H and O–H groups in total. The Bertz CT molecular complexity index is 1730. The Morgan fingerprint density at radius 2 is 1.58 bits per heavy atom. The van der Waals surface area contributed by atoms with Crippen LogP contribution in [0.25, 0.3) is 38.9 Å². The Morgan fingerprint density at radius 1 is 0.879 bits per heavy atom. The molecular weight excluding hydrogens is 412 g/mol. The van der Waals surface area contributed by atoms with E-state index in [2.05, 4.69) is 10.1 Å². The molecule has 7 nitrogen and oxygen atoms in total. The van der Waals surface area contributed by atoms with Gasteiger partial charge < -0.3 is 0 Å². The van der Waals surface area contributed by atoms with E-state index in [1.54, 1.807) is 21.8 Å². The highest BCUT2D eigenvalue weighted by atomic mass is 16.1. The first-order valence-corrected chi connectivity index (χ1v) is 10.6. The standard InChI is InChI=1S/C26H18N6O/c1-17-11-13-18(14-12-17)15-28-32-24-22(23-25(32)30-21-10-6-5-9-20(21)29-23)26(33)31(16-27-24)19-7-3-2-4-8-19/h2-16H,1H3/p+1/b28-15+. The third-order valence-electron chi connectivity index (χ3n) is 5.64. The topological polar surface area (TPSA) is 79.2 Å². The van der Waals surface area contributed by atoms with Crippen LogP contribution in [0.3, 0.4) is 0 Å². The van der Waals surface area contributed by atoms with E-state index in [4.69, 9.17) is 9.97 Å². The number of nitrogens with zero attached hydrogens (tertiary/aromatic N) is 5. The molecule has 0 atom stereocenters. The van der Waals surface area contributed by atoms with E-state index in [-0.39, 0.29) is 5.56 Å². The number of rotatable bonds is 3. The van der Waals surface area contributed by atoms with Crippen LogP contribution in [0.1, 0.15) is 11.1 Å². The van der Waals surface area contributed by atoms with E-state index < -0.39 is 0 Å². The van der Waals surface area contributed by atoms with Crippen molar-refractivity contribution in [2.45, 2.75) is 6.92 Å². The quantitative estimate of drug-likeness (QED) is 0.399. The molecule has 6 aromatic rings. The van der Waals surface area contributed by atoms with E-state index in [0.717, 1.165) is 22.3 Å². The summed E-state index contributed by atoms with van der Waals surface area (Å²) in [6.07, 6.45) is 3.41. The number of hydrogen-bond acceptors (Lipinski definition) is 4. The molecule has 158 valence electrons. The molecule has 0 fully saturated rings. The van der Waals surface area contributed by atoms with Crippen molar-refractivity contribution in [3.8, 4) is 5.69 Å². The third-order valence-corrected chi connectivity index (χ3v) is 5.64. The van der Waals surface area contributed by atoms with E-state index in [9.17, 15) is 4.79 Å². The number of aryl methyl sites for hydroxylation is 1. The van der Waals surface area contributed by atoms with Gasteiger partial charge in [0.25, 0.3) is 5.65 Å². The van der Waals surface area contributed by atoms with Gasteiger partial charge in [-0.15, -0.1) is 9.78 Å². The molecule has 7 heteroatoms. The average Bonchev–Trinajstić information content (AvgIpc) is 3.16. The van der Waals surface area contributed by atoms with Gasteiger partial charge in [-0.1, -0.05) is 60.2 Å². The highest BCUT2D eigenvalue weighted by Crippen LogP contribution is 2.24. The minimum atomic E-state index is -0.186. The zero-order chi connectivity index (χ0) is 22.4. The molecule has 0 amide bonds. The summed E-state index contributed by atoms with van der Waals surface area (Å²) >= 11 is 0. The zero-order valence-corrected chi connectivity index (χ0v) is 17.8. The molecule has 6 rings (SSSR count). The normalized spacial score (nSPS) is 11.8. The van der Waals surface area contributed by atoms with Crippen LogP contribution in [0.5, 0.6) is 0 Å². The molecular formula is C26H19N6O+. The van der Waals surface area contributed by atoms with Crippen molar-refractivity contribution in [3.05, 3.63) is 107 Å². The maximum atomic E-state index is 13.6. The molecule has 0 saturated carbocycles. The number of H-pyrrole nitrogens is 1. The second-order valence-corrected chi connectivity index (χ2v) is 7.86. The predicted octanol–water partition coefficient (Wildman–Crippen LogP) is 3.89. The first kappa shape index (κ1) is 19.1. The molecule has 33 heavy (non-hydrogen) atoms. The summed E-state index contributed by atoms with van der Waals surface area (Å²) < 4.78 is 3.23. The summed E-state index contributed by atoms with van der Waals surface area (Å²) in [6.45, 7) is 2.04. The maximum absolute atomic E-state index is 13.6. The lowest BCUT2D eigenvalue weighted by Crippen LogP contribution is -2.25. The Labute approximate surface area is 188 Å². The highest BCUT2D eigenvalue weighted by molar-refractivity contribution is 6.03. The molecule has 0 aliphatic carbocycles. The Hall–Kier alpha value is -4.65. The van der Waals surface area contributed by atoms with Crippen LogP contribution in [0.15, 0.2) is 95.1 Å². The fourth-order valence-corrected chi connectivity index (χ4v) is 3.94. The number of benzene rings is 3. The third kappa shape index (κ3) is 3.18. The van der Waals surface area contributed by atoms with Gasteiger partial charge >= 0.3 is 5.56 Å². The lowest BCUT2D eigenvalue weighted by molar-refractivity contribution is -0.356. The molecule has 0 aliphatic rings. The SMILES string of the molecule is Cc1ccc(/C=N/n2c3nc4ccccc4nc3c3c(=O)n(-c4ccccc4)c[nH+]c32)cc1. The molecule has 0 saturated heterocycles. The average molecular weight is 431 g/mol. The van der Waals surface area contributed by atoms with Crippen LogP contribution in [-0.2, 0) is 0 Å². The molecule has 0 unspecified atom stereocenters. The van der Waals surface area contributed by atoms with Crippen molar-refractivity contribution in [1.82, 2.24) is 19.2 Å². The summed E-state index contributed by atoms with van der Waals surface area (Å²) in [5.41, 5.74) is 5.73. The van der Waals surface area contributed by atoms with E-state index in [1.807, 2.05) is 85.8 Å². The Morgan fingerprint density at radius 3 is 2.33 bits per heavy atom. The predicted molar refractivity (Wildman–Crippen MR) is 129 cm³/mol. The van der Waals surface area contributed by atoms with Crippen molar-refractivity contribution in [2.75, 3.05) is 0 Å². The minimum Gasteiger partial charge on any atom is -0.250 e. The summed E-state index contributed by atoms with van der Waals surface area (Å²) in [7, 11) is 0. The van der Waals surface area contributed by atoms with Crippen molar-refractivity contribution >= 4 is 39.4 Å². The Kier molecular flexibility index (Phi) is 4.33. The van der Waals surface area contributed by atoms with Gasteiger partial charge in [0.05, 0.1) is 17.2 Å². The summed E-state index contributed by atoms with van der Waals surface area (Å²) in [6, 6.07) is 25.2. The second-order valence-electron chi connectivity index (χ2n) is 7.86. The molecule has 3 aromatic carbocycles. The monoisotopic (exact) mass is 431 g/mol. The van der Waals surface area contributed by atoms with Crippen LogP contribution < -0.4 is 10.5 Å². The first-order valence-electron chi connectivity index (χ1n) is 10.6. The number of fused-ring (bicyclic) bond motifs is 4. The van der Waals surface area contributed by atoms with Gasteiger partial charge in [-0.05, 0) is 36.8 Å². The van der Waals surface area contributed by atoms with Gasteiger partial charge in [0.1, 0.15) is 11.2 Å². The molecule has 0 radical (unpaired) electrons. The van der Waals surface area contributed by atoms with Crippen LogP contribution >= 0.6 is 0 Å². The number of aromatic nitrogens is 5. The van der Waals surface area contributed by atoms with Gasteiger partial charge in [-0.25, -0.2) is 19.7 Å². The number of hydrogen-bond donors (Lipinski definition) is 0.